The van der Waals surface area contributed by atoms with E-state index in [2.05, 4.69) is 6.07 Å². The first-order valence-corrected chi connectivity index (χ1v) is 7.86. The maximum Gasteiger partial charge on any atom is 0.320 e. The summed E-state index contributed by atoms with van der Waals surface area (Å²) < 4.78 is 0. The smallest absolute Gasteiger partial charge is 0.320 e. The second-order valence-electron chi connectivity index (χ2n) is 5.80. The Kier molecular flexibility index (Phi) is 6.34. The van der Waals surface area contributed by atoms with E-state index in [1.807, 2.05) is 72.8 Å². The Balaban J connectivity index is 0.00000225. The number of halogens is 1. The Morgan fingerprint density at radius 1 is 0.800 bits per heavy atom. The largest absolute Gasteiger partial charge is 0.480 e. The Labute approximate surface area is 153 Å². The fourth-order valence-electron chi connectivity index (χ4n) is 2.75. The summed E-state index contributed by atoms with van der Waals surface area (Å²) in [6, 6.07) is 25.4. The third-order valence-corrected chi connectivity index (χ3v) is 3.98. The van der Waals surface area contributed by atoms with Crippen LogP contribution in [0.15, 0.2) is 78.9 Å². The van der Waals surface area contributed by atoms with Crippen LogP contribution < -0.4 is 5.73 Å². The number of benzene rings is 3. The lowest BCUT2D eigenvalue weighted by Gasteiger charge is -2.12. The van der Waals surface area contributed by atoms with E-state index in [0.717, 1.165) is 27.8 Å². The van der Waals surface area contributed by atoms with E-state index >= 15 is 0 Å². The van der Waals surface area contributed by atoms with E-state index in [0.29, 0.717) is 6.42 Å². The van der Waals surface area contributed by atoms with Crippen LogP contribution in [0.3, 0.4) is 0 Å². The minimum atomic E-state index is -0.985. The summed E-state index contributed by atoms with van der Waals surface area (Å²) in [6.45, 7) is 0. The Morgan fingerprint density at radius 2 is 1.24 bits per heavy atom. The van der Waals surface area contributed by atoms with Gasteiger partial charge in [0.15, 0.2) is 0 Å². The molecule has 0 heterocycles. The minimum Gasteiger partial charge on any atom is -0.480 e. The molecule has 0 radical (unpaired) electrons. The molecule has 0 fully saturated rings. The van der Waals surface area contributed by atoms with E-state index in [4.69, 9.17) is 10.8 Å². The molecular formula is C21H20ClNO2. The van der Waals surface area contributed by atoms with Crippen molar-refractivity contribution >= 4 is 18.4 Å². The van der Waals surface area contributed by atoms with Crippen LogP contribution in [0.4, 0.5) is 0 Å². The summed E-state index contributed by atoms with van der Waals surface area (Å²) in [5.74, 6) is -0.985. The molecule has 0 aliphatic heterocycles. The van der Waals surface area contributed by atoms with Gasteiger partial charge in [0.05, 0.1) is 0 Å². The highest BCUT2D eigenvalue weighted by molar-refractivity contribution is 5.85. The Bertz CT molecular complexity index is 777. The maximum atomic E-state index is 11.1. The van der Waals surface area contributed by atoms with E-state index in [-0.39, 0.29) is 12.4 Å². The van der Waals surface area contributed by atoms with Crippen molar-refractivity contribution in [3.63, 3.8) is 0 Å². The number of nitrogens with two attached hydrogens (primary N) is 1. The lowest BCUT2D eigenvalue weighted by molar-refractivity contribution is -0.138. The average Bonchev–Trinajstić information content (AvgIpc) is 2.63. The van der Waals surface area contributed by atoms with Gasteiger partial charge >= 0.3 is 5.97 Å². The first kappa shape index (κ1) is 18.7. The summed E-state index contributed by atoms with van der Waals surface area (Å²) in [6.07, 6.45) is 0.301. The van der Waals surface area contributed by atoms with Crippen LogP contribution in [-0.2, 0) is 11.2 Å². The van der Waals surface area contributed by atoms with E-state index in [9.17, 15) is 4.79 Å². The highest BCUT2D eigenvalue weighted by atomic mass is 35.5. The van der Waals surface area contributed by atoms with Crippen LogP contribution in [0.25, 0.3) is 22.3 Å². The normalized spacial score (nSPS) is 11.4. The third kappa shape index (κ3) is 4.69. The standard InChI is InChI=1S/C21H19NO2.ClH/c22-20(21(23)24)13-15-11-18(16-7-3-1-4-8-16)14-19(12-15)17-9-5-2-6-10-17;/h1-12,14,20H,13,22H2,(H,23,24);1H/t20-;/m0./s1. The molecule has 3 N–H and O–H groups in total. The number of carbonyl (C=O) groups is 1. The van der Waals surface area contributed by atoms with Gasteiger partial charge in [-0.2, -0.15) is 0 Å². The minimum absolute atomic E-state index is 0. The van der Waals surface area contributed by atoms with Crippen LogP contribution in [0, 0.1) is 0 Å². The van der Waals surface area contributed by atoms with Crippen LogP contribution in [0.2, 0.25) is 0 Å². The van der Waals surface area contributed by atoms with Crippen LogP contribution in [0.1, 0.15) is 5.56 Å². The topological polar surface area (TPSA) is 63.3 Å². The highest BCUT2D eigenvalue weighted by Crippen LogP contribution is 2.28. The molecule has 0 bridgehead atoms. The molecule has 25 heavy (non-hydrogen) atoms. The van der Waals surface area contributed by atoms with Crippen molar-refractivity contribution < 1.29 is 9.90 Å². The van der Waals surface area contributed by atoms with E-state index < -0.39 is 12.0 Å². The molecule has 0 aromatic heterocycles. The van der Waals surface area contributed by atoms with Crippen molar-refractivity contribution in [2.45, 2.75) is 12.5 Å². The Hall–Kier alpha value is -2.62. The van der Waals surface area contributed by atoms with Gasteiger partial charge in [0, 0.05) is 0 Å². The lowest BCUT2D eigenvalue weighted by Crippen LogP contribution is -2.32. The monoisotopic (exact) mass is 353 g/mol. The first-order valence-electron chi connectivity index (χ1n) is 7.86. The molecule has 0 aliphatic rings. The summed E-state index contributed by atoms with van der Waals surface area (Å²) in [4.78, 5) is 11.1. The number of carboxylic acids is 1. The Morgan fingerprint density at radius 3 is 1.64 bits per heavy atom. The van der Waals surface area contributed by atoms with Crippen LogP contribution in [-0.4, -0.2) is 17.1 Å². The van der Waals surface area contributed by atoms with Crippen molar-refractivity contribution in [1.29, 1.82) is 0 Å². The van der Waals surface area contributed by atoms with Crippen LogP contribution >= 0.6 is 12.4 Å². The van der Waals surface area contributed by atoms with Gasteiger partial charge in [-0.15, -0.1) is 12.4 Å². The molecule has 3 rings (SSSR count). The highest BCUT2D eigenvalue weighted by Gasteiger charge is 2.14. The number of hydrogen-bond acceptors (Lipinski definition) is 2. The zero-order valence-corrected chi connectivity index (χ0v) is 14.4. The molecule has 3 aromatic carbocycles. The van der Waals surface area contributed by atoms with Gasteiger partial charge < -0.3 is 10.8 Å². The van der Waals surface area contributed by atoms with Gasteiger partial charge in [-0.3, -0.25) is 4.79 Å². The summed E-state index contributed by atoms with van der Waals surface area (Å²) in [5, 5.41) is 9.09. The van der Waals surface area contributed by atoms with Crippen LogP contribution in [0.5, 0.6) is 0 Å². The van der Waals surface area contributed by atoms with Crippen molar-refractivity contribution in [2.24, 2.45) is 5.73 Å². The molecule has 4 heteroatoms. The molecule has 0 aliphatic carbocycles. The fourth-order valence-corrected chi connectivity index (χ4v) is 2.75. The van der Waals surface area contributed by atoms with Gasteiger partial charge in [-0.1, -0.05) is 72.8 Å². The summed E-state index contributed by atoms with van der Waals surface area (Å²) >= 11 is 0. The molecule has 1 atom stereocenters. The first-order chi connectivity index (χ1) is 11.6. The van der Waals surface area contributed by atoms with Gasteiger partial charge in [0.25, 0.3) is 0 Å². The molecular weight excluding hydrogens is 334 g/mol. The molecule has 0 spiro atoms. The second kappa shape index (κ2) is 8.47. The molecule has 3 nitrogen and oxygen atoms in total. The number of carboxylic acid groups (broad SMARTS) is 1. The zero-order valence-electron chi connectivity index (χ0n) is 13.6. The van der Waals surface area contributed by atoms with E-state index in [1.54, 1.807) is 0 Å². The van der Waals surface area contributed by atoms with Crippen molar-refractivity contribution in [3.05, 3.63) is 84.4 Å². The van der Waals surface area contributed by atoms with Gasteiger partial charge in [-0.05, 0) is 40.3 Å². The van der Waals surface area contributed by atoms with Gasteiger partial charge in [0.1, 0.15) is 6.04 Å². The zero-order chi connectivity index (χ0) is 16.9. The molecule has 3 aromatic rings. The summed E-state index contributed by atoms with van der Waals surface area (Å²) in [7, 11) is 0. The molecule has 128 valence electrons. The van der Waals surface area contributed by atoms with E-state index in [1.165, 1.54) is 0 Å². The van der Waals surface area contributed by atoms with Crippen molar-refractivity contribution in [1.82, 2.24) is 0 Å². The number of hydrogen-bond donors (Lipinski definition) is 2. The lowest BCUT2D eigenvalue weighted by atomic mass is 9.94. The predicted octanol–water partition coefficient (Wildman–Crippen LogP) is 4.40. The summed E-state index contributed by atoms with van der Waals surface area (Å²) in [5.41, 5.74) is 11.0. The number of aliphatic carboxylic acids is 1. The fraction of sp³-hybridized carbons (Fsp3) is 0.0952. The SMILES string of the molecule is Cl.N[C@@H](Cc1cc(-c2ccccc2)cc(-c2ccccc2)c1)C(=O)O. The van der Waals surface area contributed by atoms with Gasteiger partial charge in [0.2, 0.25) is 0 Å². The average molecular weight is 354 g/mol. The van der Waals surface area contributed by atoms with Crippen molar-refractivity contribution in [3.8, 4) is 22.3 Å². The molecule has 0 saturated heterocycles. The predicted molar refractivity (Wildman–Crippen MR) is 104 cm³/mol. The molecule has 0 amide bonds. The van der Waals surface area contributed by atoms with Gasteiger partial charge in [-0.25, -0.2) is 0 Å². The second-order valence-corrected chi connectivity index (χ2v) is 5.80. The third-order valence-electron chi connectivity index (χ3n) is 3.98. The van der Waals surface area contributed by atoms with Crippen molar-refractivity contribution in [2.75, 3.05) is 0 Å². The maximum absolute atomic E-state index is 11.1. The number of rotatable bonds is 5. The molecule has 0 saturated carbocycles. The quantitative estimate of drug-likeness (QED) is 0.714. The molecule has 0 unspecified atom stereocenters.